The van der Waals surface area contributed by atoms with E-state index in [-0.39, 0.29) is 17.9 Å². The third-order valence-electron chi connectivity index (χ3n) is 5.28. The highest BCUT2D eigenvalue weighted by Gasteiger charge is 2.34. The van der Waals surface area contributed by atoms with E-state index in [0.29, 0.717) is 5.92 Å². The average Bonchev–Trinajstić information content (AvgIpc) is 3.45. The first-order chi connectivity index (χ1) is 12.7. The fraction of sp³-hybridized carbons (Fsp3) is 0.636. The maximum atomic E-state index is 15.0. The van der Waals surface area contributed by atoms with Gasteiger partial charge in [-0.25, -0.2) is 9.18 Å². The monoisotopic (exact) mass is 373 g/mol. The summed E-state index contributed by atoms with van der Waals surface area (Å²) in [5, 5.41) is 9.61. The second-order valence-corrected chi connectivity index (χ2v) is 8.90. The molecule has 2 fully saturated rings. The average molecular weight is 373 g/mol. The number of benzene rings is 1. The molecular formula is C22H28FNO3. The molecule has 1 aromatic rings. The predicted molar refractivity (Wildman–Crippen MR) is 100 cm³/mol. The fourth-order valence-electron chi connectivity index (χ4n) is 3.59. The summed E-state index contributed by atoms with van der Waals surface area (Å²) in [5.74, 6) is -0.980. The zero-order valence-electron chi connectivity index (χ0n) is 16.4. The van der Waals surface area contributed by atoms with Crippen LogP contribution in [0, 0.1) is 22.6 Å². The lowest BCUT2D eigenvalue weighted by molar-refractivity contribution is 0.00634. The molecule has 3 rings (SSSR count). The molecule has 0 unspecified atom stereocenters. The molecule has 4 nitrogen and oxygen atoms in total. The van der Waals surface area contributed by atoms with Crippen LogP contribution >= 0.6 is 0 Å². The molecule has 146 valence electrons. The molecule has 5 heteroatoms. The van der Waals surface area contributed by atoms with Crippen LogP contribution in [0.25, 0.3) is 0 Å². The van der Waals surface area contributed by atoms with Crippen LogP contribution in [0.15, 0.2) is 12.1 Å². The molecule has 0 aliphatic heterocycles. The van der Waals surface area contributed by atoms with Crippen LogP contribution in [0.2, 0.25) is 0 Å². The van der Waals surface area contributed by atoms with E-state index in [9.17, 15) is 10.1 Å². The first-order valence-corrected chi connectivity index (χ1v) is 9.84. The van der Waals surface area contributed by atoms with E-state index in [1.807, 2.05) is 0 Å². The van der Waals surface area contributed by atoms with E-state index >= 15 is 4.39 Å². The molecule has 0 N–H and O–H groups in total. The Bertz CT molecular complexity index is 750. The third-order valence-corrected chi connectivity index (χ3v) is 5.28. The summed E-state index contributed by atoms with van der Waals surface area (Å²) in [6, 6.07) is 5.67. The predicted octanol–water partition coefficient (Wildman–Crippen LogP) is 5.51. The van der Waals surface area contributed by atoms with Gasteiger partial charge in [0.05, 0.1) is 17.0 Å². The number of halogens is 1. The third kappa shape index (κ3) is 4.80. The highest BCUT2D eigenvalue weighted by Crippen LogP contribution is 2.43. The lowest BCUT2D eigenvalue weighted by Crippen LogP contribution is -2.30. The first-order valence-electron chi connectivity index (χ1n) is 9.84. The lowest BCUT2D eigenvalue weighted by Gasteiger charge is -2.30. The van der Waals surface area contributed by atoms with Gasteiger partial charge >= 0.3 is 5.97 Å². The van der Waals surface area contributed by atoms with E-state index in [1.165, 1.54) is 0 Å². The standard InChI is InChI=1S/C22H28FNO3/c1-21(2,3)27-20(25)17-11-16(15-7-8-15)12-18(19(17)23)26-14-22(13-24)9-5-4-6-10-22/h11-12,15H,4-10,14H2,1-3H3. The molecule has 27 heavy (non-hydrogen) atoms. The van der Waals surface area contributed by atoms with Crippen molar-refractivity contribution in [2.45, 2.75) is 77.2 Å². The second kappa shape index (κ2) is 7.50. The Labute approximate surface area is 160 Å². The van der Waals surface area contributed by atoms with Gasteiger partial charge in [-0.15, -0.1) is 0 Å². The van der Waals surface area contributed by atoms with E-state index in [1.54, 1.807) is 32.9 Å². The molecule has 1 aromatic carbocycles. The molecule has 0 aromatic heterocycles. The van der Waals surface area contributed by atoms with Crippen molar-refractivity contribution >= 4 is 5.97 Å². The molecule has 0 bridgehead atoms. The van der Waals surface area contributed by atoms with Crippen molar-refractivity contribution in [2.24, 2.45) is 5.41 Å². The van der Waals surface area contributed by atoms with Gasteiger partial charge in [0.15, 0.2) is 11.6 Å². The molecular weight excluding hydrogens is 345 g/mol. The maximum Gasteiger partial charge on any atom is 0.341 e. The molecule has 2 aliphatic rings. The highest BCUT2D eigenvalue weighted by molar-refractivity contribution is 5.91. The minimum absolute atomic E-state index is 0.0560. The summed E-state index contributed by atoms with van der Waals surface area (Å²) >= 11 is 0. The van der Waals surface area contributed by atoms with Gasteiger partial charge in [0.2, 0.25) is 0 Å². The number of hydrogen-bond acceptors (Lipinski definition) is 4. The zero-order valence-corrected chi connectivity index (χ0v) is 16.4. The molecule has 0 amide bonds. The van der Waals surface area contributed by atoms with Crippen molar-refractivity contribution in [3.63, 3.8) is 0 Å². The second-order valence-electron chi connectivity index (χ2n) is 8.90. The topological polar surface area (TPSA) is 59.3 Å². The van der Waals surface area contributed by atoms with E-state index in [4.69, 9.17) is 9.47 Å². The quantitative estimate of drug-likeness (QED) is 0.638. The van der Waals surface area contributed by atoms with Crippen LogP contribution in [-0.4, -0.2) is 18.2 Å². The summed E-state index contributed by atoms with van der Waals surface area (Å²) in [6.07, 6.45) is 6.70. The number of nitrogens with zero attached hydrogens (tertiary/aromatic N) is 1. The van der Waals surface area contributed by atoms with Crippen LogP contribution in [0.4, 0.5) is 4.39 Å². The largest absolute Gasteiger partial charge is 0.489 e. The SMILES string of the molecule is CC(C)(C)OC(=O)c1cc(C2CC2)cc(OCC2(C#N)CCCCC2)c1F. The van der Waals surface area contributed by atoms with Crippen molar-refractivity contribution in [3.8, 4) is 11.8 Å². The number of esters is 1. The molecule has 2 aliphatic carbocycles. The van der Waals surface area contributed by atoms with Crippen molar-refractivity contribution < 1.29 is 18.7 Å². The minimum Gasteiger partial charge on any atom is -0.489 e. The highest BCUT2D eigenvalue weighted by atomic mass is 19.1. The van der Waals surface area contributed by atoms with Gasteiger partial charge in [-0.3, -0.25) is 0 Å². The van der Waals surface area contributed by atoms with E-state index in [0.717, 1.165) is 50.5 Å². The van der Waals surface area contributed by atoms with Crippen molar-refractivity contribution in [2.75, 3.05) is 6.61 Å². The van der Waals surface area contributed by atoms with Gasteiger partial charge in [0.1, 0.15) is 12.2 Å². The number of ether oxygens (including phenoxy) is 2. The molecule has 0 radical (unpaired) electrons. The summed E-state index contributed by atoms with van der Waals surface area (Å²) in [6.45, 7) is 5.42. The molecule has 0 atom stereocenters. The van der Waals surface area contributed by atoms with E-state index in [2.05, 4.69) is 6.07 Å². The zero-order chi connectivity index (χ0) is 19.7. The van der Waals surface area contributed by atoms with Crippen LogP contribution in [0.1, 0.15) is 87.6 Å². The molecule has 0 saturated heterocycles. The number of carbonyl (C=O) groups excluding carboxylic acids is 1. The number of hydrogen-bond donors (Lipinski definition) is 0. The smallest absolute Gasteiger partial charge is 0.341 e. The minimum atomic E-state index is -0.701. The van der Waals surface area contributed by atoms with Crippen molar-refractivity contribution in [1.29, 1.82) is 5.26 Å². The van der Waals surface area contributed by atoms with Gasteiger partial charge in [-0.1, -0.05) is 19.3 Å². The molecule has 0 heterocycles. The van der Waals surface area contributed by atoms with Gasteiger partial charge in [-0.05, 0) is 70.1 Å². The Balaban J connectivity index is 1.85. The lowest BCUT2D eigenvalue weighted by atomic mass is 9.76. The Kier molecular flexibility index (Phi) is 5.46. The van der Waals surface area contributed by atoms with Gasteiger partial charge in [0.25, 0.3) is 0 Å². The first kappa shape index (κ1) is 19.7. The Morgan fingerprint density at radius 1 is 1.26 bits per heavy atom. The van der Waals surface area contributed by atoms with Crippen LogP contribution in [-0.2, 0) is 4.74 Å². The fourth-order valence-corrected chi connectivity index (χ4v) is 3.59. The Hall–Kier alpha value is -2.09. The summed E-state index contributed by atoms with van der Waals surface area (Å²) < 4.78 is 26.2. The van der Waals surface area contributed by atoms with Gasteiger partial charge < -0.3 is 9.47 Å². The van der Waals surface area contributed by atoms with Gasteiger partial charge in [-0.2, -0.15) is 5.26 Å². The van der Waals surface area contributed by atoms with Crippen LogP contribution in [0.3, 0.4) is 0 Å². The Morgan fingerprint density at radius 2 is 1.93 bits per heavy atom. The van der Waals surface area contributed by atoms with Gasteiger partial charge in [0, 0.05) is 0 Å². The summed E-state index contributed by atoms with van der Waals surface area (Å²) in [5.41, 5.74) is -0.444. The maximum absolute atomic E-state index is 15.0. The number of carbonyl (C=O) groups is 1. The normalized spacial score (nSPS) is 19.2. The van der Waals surface area contributed by atoms with E-state index < -0.39 is 22.8 Å². The summed E-state index contributed by atoms with van der Waals surface area (Å²) in [4.78, 5) is 12.5. The molecule has 2 saturated carbocycles. The number of nitriles is 1. The van der Waals surface area contributed by atoms with Crippen molar-refractivity contribution in [1.82, 2.24) is 0 Å². The Morgan fingerprint density at radius 3 is 2.48 bits per heavy atom. The van der Waals surface area contributed by atoms with Crippen LogP contribution < -0.4 is 4.74 Å². The summed E-state index contributed by atoms with van der Waals surface area (Å²) in [7, 11) is 0. The molecule has 0 spiro atoms. The number of rotatable bonds is 5. The van der Waals surface area contributed by atoms with Crippen molar-refractivity contribution in [3.05, 3.63) is 29.1 Å². The van der Waals surface area contributed by atoms with Crippen LogP contribution in [0.5, 0.6) is 5.75 Å².